The molecule has 1 aliphatic carbocycles. The maximum atomic E-state index is 12.2. The first-order valence-electron chi connectivity index (χ1n) is 8.61. The normalized spacial score (nSPS) is 15.9. The summed E-state index contributed by atoms with van der Waals surface area (Å²) in [6.45, 7) is 0. The predicted octanol–water partition coefficient (Wildman–Crippen LogP) is 4.15. The van der Waals surface area contributed by atoms with Gasteiger partial charge < -0.3 is 14.8 Å². The number of hydrogen-bond acceptors (Lipinski definition) is 3. The molecular formula is C19H25NO3. The molecule has 0 aliphatic heterocycles. The molecule has 2 aromatic rings. The van der Waals surface area contributed by atoms with Crippen LogP contribution in [-0.2, 0) is 6.42 Å². The second-order valence-corrected chi connectivity index (χ2v) is 6.59. The Balaban J connectivity index is 1.78. The number of methoxy groups -OCH3 is 1. The molecule has 3 rings (SSSR count). The van der Waals surface area contributed by atoms with Crippen molar-refractivity contribution in [2.75, 3.05) is 7.11 Å². The fourth-order valence-corrected chi connectivity index (χ4v) is 3.70. The number of ether oxygens (including phenoxy) is 1. The Labute approximate surface area is 136 Å². The third-order valence-corrected chi connectivity index (χ3v) is 5.05. The predicted molar refractivity (Wildman–Crippen MR) is 92.3 cm³/mol. The van der Waals surface area contributed by atoms with Crippen molar-refractivity contribution in [3.8, 4) is 11.5 Å². The van der Waals surface area contributed by atoms with Crippen LogP contribution in [0.15, 0.2) is 23.0 Å². The Morgan fingerprint density at radius 2 is 2.04 bits per heavy atom. The average Bonchev–Trinajstić information content (AvgIpc) is 2.58. The Morgan fingerprint density at radius 3 is 2.78 bits per heavy atom. The van der Waals surface area contributed by atoms with Crippen molar-refractivity contribution in [1.29, 1.82) is 0 Å². The Morgan fingerprint density at radius 1 is 1.26 bits per heavy atom. The fraction of sp³-hybridized carbons (Fsp3) is 0.526. The van der Waals surface area contributed by atoms with E-state index in [2.05, 4.69) is 4.98 Å². The molecule has 0 unspecified atom stereocenters. The molecule has 0 amide bonds. The molecule has 1 aromatic carbocycles. The van der Waals surface area contributed by atoms with Gasteiger partial charge in [0.15, 0.2) is 0 Å². The van der Waals surface area contributed by atoms with Crippen molar-refractivity contribution in [2.45, 2.75) is 51.4 Å². The van der Waals surface area contributed by atoms with E-state index in [9.17, 15) is 9.90 Å². The quantitative estimate of drug-likeness (QED) is 0.871. The van der Waals surface area contributed by atoms with E-state index in [4.69, 9.17) is 4.74 Å². The molecular weight excluding hydrogens is 290 g/mol. The van der Waals surface area contributed by atoms with Gasteiger partial charge in [0.05, 0.1) is 18.2 Å². The van der Waals surface area contributed by atoms with Gasteiger partial charge in [0.2, 0.25) is 0 Å². The molecule has 0 bridgehead atoms. The monoisotopic (exact) mass is 315 g/mol. The van der Waals surface area contributed by atoms with E-state index in [1.807, 2.05) is 0 Å². The van der Waals surface area contributed by atoms with Crippen LogP contribution in [0.4, 0.5) is 0 Å². The van der Waals surface area contributed by atoms with Crippen LogP contribution in [0.2, 0.25) is 0 Å². The molecule has 1 heterocycles. The van der Waals surface area contributed by atoms with E-state index in [1.54, 1.807) is 25.3 Å². The van der Waals surface area contributed by atoms with Gasteiger partial charge in [0, 0.05) is 5.39 Å². The van der Waals surface area contributed by atoms with Crippen LogP contribution in [0.1, 0.15) is 50.5 Å². The third-order valence-electron chi connectivity index (χ3n) is 5.05. The number of H-pyrrole nitrogens is 1. The lowest BCUT2D eigenvalue weighted by Gasteiger charge is -2.21. The average molecular weight is 315 g/mol. The lowest BCUT2D eigenvalue weighted by molar-refractivity contribution is 0.332. The first-order chi connectivity index (χ1) is 11.2. The molecule has 1 fully saturated rings. The van der Waals surface area contributed by atoms with E-state index in [0.29, 0.717) is 28.6 Å². The number of aromatic amines is 1. The maximum Gasteiger partial charge on any atom is 0.255 e. The second-order valence-electron chi connectivity index (χ2n) is 6.59. The Hall–Kier alpha value is -1.97. The summed E-state index contributed by atoms with van der Waals surface area (Å²) in [6.07, 6.45) is 9.41. The van der Waals surface area contributed by atoms with Crippen LogP contribution >= 0.6 is 0 Å². The summed E-state index contributed by atoms with van der Waals surface area (Å²) < 4.78 is 5.20. The van der Waals surface area contributed by atoms with Crippen molar-refractivity contribution >= 4 is 10.9 Å². The topological polar surface area (TPSA) is 62.3 Å². The van der Waals surface area contributed by atoms with Crippen LogP contribution in [-0.4, -0.2) is 17.2 Å². The summed E-state index contributed by atoms with van der Waals surface area (Å²) >= 11 is 0. The minimum Gasteiger partial charge on any atom is -0.507 e. The molecule has 124 valence electrons. The van der Waals surface area contributed by atoms with E-state index in [-0.39, 0.29) is 11.3 Å². The van der Waals surface area contributed by atoms with Gasteiger partial charge in [-0.3, -0.25) is 4.79 Å². The maximum absolute atomic E-state index is 12.2. The van der Waals surface area contributed by atoms with Gasteiger partial charge in [-0.15, -0.1) is 0 Å². The molecule has 0 saturated heterocycles. The first-order valence-corrected chi connectivity index (χ1v) is 8.61. The van der Waals surface area contributed by atoms with Gasteiger partial charge in [-0.1, -0.05) is 38.5 Å². The van der Waals surface area contributed by atoms with Gasteiger partial charge >= 0.3 is 0 Å². The Kier molecular flexibility index (Phi) is 4.89. The third kappa shape index (κ3) is 3.52. The molecule has 0 spiro atoms. The second kappa shape index (κ2) is 7.07. The summed E-state index contributed by atoms with van der Waals surface area (Å²) in [6, 6.07) is 5.31. The standard InChI is InChI=1S/C19H25NO3/c1-23-14-10-11-17-16(12-14)18(21)15(19(22)20-17)9-5-8-13-6-3-2-4-7-13/h10-13H,2-9H2,1H3,(H2,20,21,22). The lowest BCUT2D eigenvalue weighted by Crippen LogP contribution is -2.14. The minimum absolute atomic E-state index is 0.103. The molecule has 1 aromatic heterocycles. The van der Waals surface area contributed by atoms with Crippen molar-refractivity contribution in [2.24, 2.45) is 5.92 Å². The fourth-order valence-electron chi connectivity index (χ4n) is 3.70. The molecule has 0 radical (unpaired) electrons. The van der Waals surface area contributed by atoms with Gasteiger partial charge in [-0.2, -0.15) is 0 Å². The van der Waals surface area contributed by atoms with E-state index < -0.39 is 0 Å². The number of benzene rings is 1. The van der Waals surface area contributed by atoms with Crippen molar-refractivity contribution < 1.29 is 9.84 Å². The zero-order valence-corrected chi connectivity index (χ0v) is 13.7. The van der Waals surface area contributed by atoms with Crippen LogP contribution in [0, 0.1) is 5.92 Å². The zero-order chi connectivity index (χ0) is 16.2. The largest absolute Gasteiger partial charge is 0.507 e. The van der Waals surface area contributed by atoms with Crippen LogP contribution in [0.3, 0.4) is 0 Å². The van der Waals surface area contributed by atoms with Crippen LogP contribution in [0.5, 0.6) is 11.5 Å². The lowest BCUT2D eigenvalue weighted by atomic mass is 9.85. The minimum atomic E-state index is -0.177. The number of rotatable bonds is 5. The number of fused-ring (bicyclic) bond motifs is 1. The summed E-state index contributed by atoms with van der Waals surface area (Å²) in [7, 11) is 1.59. The highest BCUT2D eigenvalue weighted by Crippen LogP contribution is 2.31. The molecule has 0 atom stereocenters. The summed E-state index contributed by atoms with van der Waals surface area (Å²) in [5.41, 5.74) is 0.967. The van der Waals surface area contributed by atoms with Crippen molar-refractivity contribution in [1.82, 2.24) is 4.98 Å². The Bertz CT molecular complexity index is 729. The highest BCUT2D eigenvalue weighted by molar-refractivity contribution is 5.87. The van der Waals surface area contributed by atoms with E-state index in [1.165, 1.54) is 32.1 Å². The SMILES string of the molecule is COc1ccc2[nH]c(=O)c(CCCC3CCCCC3)c(O)c2c1. The molecule has 23 heavy (non-hydrogen) atoms. The number of nitrogens with one attached hydrogen (secondary N) is 1. The van der Waals surface area contributed by atoms with Gasteiger partial charge in [-0.05, 0) is 37.0 Å². The summed E-state index contributed by atoms with van der Waals surface area (Å²) in [5, 5.41) is 11.2. The summed E-state index contributed by atoms with van der Waals surface area (Å²) in [4.78, 5) is 15.1. The van der Waals surface area contributed by atoms with E-state index in [0.717, 1.165) is 18.8 Å². The molecule has 4 heteroatoms. The smallest absolute Gasteiger partial charge is 0.255 e. The number of hydrogen-bond donors (Lipinski definition) is 2. The molecule has 1 saturated carbocycles. The molecule has 1 aliphatic rings. The zero-order valence-electron chi connectivity index (χ0n) is 13.7. The number of aromatic hydroxyl groups is 1. The van der Waals surface area contributed by atoms with Gasteiger partial charge in [0.1, 0.15) is 11.5 Å². The number of pyridine rings is 1. The van der Waals surface area contributed by atoms with E-state index >= 15 is 0 Å². The van der Waals surface area contributed by atoms with Crippen LogP contribution < -0.4 is 10.3 Å². The highest BCUT2D eigenvalue weighted by atomic mass is 16.5. The van der Waals surface area contributed by atoms with Crippen LogP contribution in [0.25, 0.3) is 10.9 Å². The van der Waals surface area contributed by atoms with Gasteiger partial charge in [0.25, 0.3) is 5.56 Å². The number of aromatic nitrogens is 1. The van der Waals surface area contributed by atoms with Gasteiger partial charge in [-0.25, -0.2) is 0 Å². The molecule has 4 nitrogen and oxygen atoms in total. The van der Waals surface area contributed by atoms with Crippen molar-refractivity contribution in [3.05, 3.63) is 34.1 Å². The van der Waals surface area contributed by atoms with Crippen molar-refractivity contribution in [3.63, 3.8) is 0 Å². The highest BCUT2D eigenvalue weighted by Gasteiger charge is 2.16. The first kappa shape index (κ1) is 15.9. The summed E-state index contributed by atoms with van der Waals surface area (Å²) in [5.74, 6) is 1.57. The molecule has 2 N–H and O–H groups in total.